The molecule has 1 N–H and O–H groups in total. The van der Waals surface area contributed by atoms with Gasteiger partial charge >= 0.3 is 6.03 Å². The summed E-state index contributed by atoms with van der Waals surface area (Å²) < 4.78 is 0. The lowest BCUT2D eigenvalue weighted by molar-refractivity contribution is 0.152. The van der Waals surface area contributed by atoms with Crippen LogP contribution in [0.15, 0.2) is 24.5 Å². The lowest BCUT2D eigenvalue weighted by Gasteiger charge is -2.34. The molecule has 104 valence electrons. The number of hydrogen-bond acceptors (Lipinski definition) is 3. The molecule has 1 aromatic rings. The zero-order valence-electron chi connectivity index (χ0n) is 11.7. The van der Waals surface area contributed by atoms with Crippen LogP contribution in [0.2, 0.25) is 0 Å². The van der Waals surface area contributed by atoms with Crippen LogP contribution in [-0.2, 0) is 6.54 Å². The van der Waals surface area contributed by atoms with Crippen molar-refractivity contribution in [3.63, 3.8) is 0 Å². The Morgan fingerprint density at radius 1 is 1.37 bits per heavy atom. The molecule has 0 saturated carbocycles. The van der Waals surface area contributed by atoms with E-state index in [0.717, 1.165) is 32.5 Å². The number of nitrogens with one attached hydrogen (secondary N) is 1. The van der Waals surface area contributed by atoms with Gasteiger partial charge in [-0.1, -0.05) is 0 Å². The molecule has 5 nitrogen and oxygen atoms in total. The van der Waals surface area contributed by atoms with Gasteiger partial charge in [0.15, 0.2) is 0 Å². The van der Waals surface area contributed by atoms with Gasteiger partial charge in [-0.15, -0.1) is 0 Å². The zero-order valence-corrected chi connectivity index (χ0v) is 11.7. The van der Waals surface area contributed by atoms with Crippen molar-refractivity contribution < 1.29 is 4.79 Å². The first-order valence-electron chi connectivity index (χ1n) is 6.75. The van der Waals surface area contributed by atoms with E-state index in [1.165, 1.54) is 5.56 Å². The molecule has 2 rings (SSSR count). The van der Waals surface area contributed by atoms with Crippen molar-refractivity contribution in [2.45, 2.75) is 25.4 Å². The molecule has 0 radical (unpaired) electrons. The predicted molar refractivity (Wildman–Crippen MR) is 74.8 cm³/mol. The fourth-order valence-electron chi connectivity index (χ4n) is 2.32. The summed E-state index contributed by atoms with van der Waals surface area (Å²) in [5, 5.41) is 3.55. The minimum Gasteiger partial charge on any atom is -0.331 e. The summed E-state index contributed by atoms with van der Waals surface area (Å²) in [5.41, 5.74) is 1.25. The van der Waals surface area contributed by atoms with E-state index in [9.17, 15) is 4.79 Å². The molecule has 2 amide bonds. The lowest BCUT2D eigenvalue weighted by Crippen LogP contribution is -2.47. The number of likely N-dealkylation sites (tertiary alicyclic amines) is 1. The van der Waals surface area contributed by atoms with E-state index in [2.05, 4.69) is 10.3 Å². The lowest BCUT2D eigenvalue weighted by atomic mass is 10.0. The molecule has 0 unspecified atom stereocenters. The van der Waals surface area contributed by atoms with Gasteiger partial charge in [0.25, 0.3) is 0 Å². The highest BCUT2D eigenvalue weighted by Crippen LogP contribution is 2.12. The van der Waals surface area contributed by atoms with Gasteiger partial charge in [0, 0.05) is 52.2 Å². The zero-order chi connectivity index (χ0) is 13.7. The molecule has 0 bridgehead atoms. The number of carbonyl (C=O) groups is 1. The molecular formula is C14H22N4O. The third kappa shape index (κ3) is 3.92. The molecule has 2 heterocycles. The summed E-state index contributed by atoms with van der Waals surface area (Å²) in [7, 11) is 3.60. The highest BCUT2D eigenvalue weighted by Gasteiger charge is 2.23. The van der Waals surface area contributed by atoms with E-state index in [1.54, 1.807) is 19.0 Å². The van der Waals surface area contributed by atoms with Gasteiger partial charge in [0.05, 0.1) is 0 Å². The number of carbonyl (C=O) groups excluding carboxylic acids is 1. The van der Waals surface area contributed by atoms with Gasteiger partial charge in [0.1, 0.15) is 0 Å². The fourth-order valence-corrected chi connectivity index (χ4v) is 2.32. The van der Waals surface area contributed by atoms with Crippen molar-refractivity contribution in [2.75, 3.05) is 27.2 Å². The van der Waals surface area contributed by atoms with E-state index in [-0.39, 0.29) is 6.03 Å². The topological polar surface area (TPSA) is 48.5 Å². The average molecular weight is 262 g/mol. The quantitative estimate of drug-likeness (QED) is 0.893. The minimum atomic E-state index is 0.118. The molecule has 19 heavy (non-hydrogen) atoms. The number of pyridine rings is 1. The molecule has 1 saturated heterocycles. The van der Waals surface area contributed by atoms with E-state index in [0.29, 0.717) is 6.04 Å². The summed E-state index contributed by atoms with van der Waals surface area (Å²) in [6.07, 6.45) is 5.67. The van der Waals surface area contributed by atoms with Gasteiger partial charge in [0.2, 0.25) is 0 Å². The molecule has 5 heteroatoms. The van der Waals surface area contributed by atoms with Gasteiger partial charge in [-0.3, -0.25) is 4.98 Å². The number of piperidine rings is 1. The van der Waals surface area contributed by atoms with Crippen LogP contribution in [0, 0.1) is 0 Å². The maximum atomic E-state index is 11.8. The minimum absolute atomic E-state index is 0.118. The van der Waals surface area contributed by atoms with Crippen LogP contribution in [0.5, 0.6) is 0 Å². The molecule has 1 aliphatic rings. The second-order valence-corrected chi connectivity index (χ2v) is 5.17. The third-order valence-electron chi connectivity index (χ3n) is 3.49. The molecule has 1 fully saturated rings. The van der Waals surface area contributed by atoms with Crippen molar-refractivity contribution in [3.8, 4) is 0 Å². The Bertz CT molecular complexity index is 399. The van der Waals surface area contributed by atoms with Crippen molar-refractivity contribution >= 4 is 6.03 Å². The summed E-state index contributed by atoms with van der Waals surface area (Å²) >= 11 is 0. The standard InChI is InChI=1S/C14H22N4O/c1-17(2)14(19)18-9-5-13(6-10-18)16-11-12-3-7-15-8-4-12/h3-4,7-8,13,16H,5-6,9-11H2,1-2H3. The molecule has 0 spiro atoms. The molecule has 0 atom stereocenters. The highest BCUT2D eigenvalue weighted by atomic mass is 16.2. The van der Waals surface area contributed by atoms with Crippen LogP contribution in [0.1, 0.15) is 18.4 Å². The number of rotatable bonds is 3. The number of urea groups is 1. The van der Waals surface area contributed by atoms with Crippen LogP contribution in [-0.4, -0.2) is 54.0 Å². The molecule has 1 aliphatic heterocycles. The monoisotopic (exact) mass is 262 g/mol. The SMILES string of the molecule is CN(C)C(=O)N1CCC(NCc2ccncc2)CC1. The second kappa shape index (κ2) is 6.52. The molecule has 0 aliphatic carbocycles. The van der Waals surface area contributed by atoms with Crippen LogP contribution >= 0.6 is 0 Å². The maximum absolute atomic E-state index is 11.8. The first-order chi connectivity index (χ1) is 9.16. The van der Waals surface area contributed by atoms with Gasteiger partial charge < -0.3 is 15.1 Å². The van der Waals surface area contributed by atoms with Gasteiger partial charge in [-0.2, -0.15) is 0 Å². The van der Waals surface area contributed by atoms with Gasteiger partial charge in [-0.05, 0) is 30.5 Å². The fraction of sp³-hybridized carbons (Fsp3) is 0.571. The normalized spacial score (nSPS) is 16.4. The van der Waals surface area contributed by atoms with Crippen LogP contribution < -0.4 is 5.32 Å². The Balaban J connectivity index is 1.73. The van der Waals surface area contributed by atoms with Crippen LogP contribution in [0.3, 0.4) is 0 Å². The number of amides is 2. The first-order valence-corrected chi connectivity index (χ1v) is 6.75. The summed E-state index contributed by atoms with van der Waals surface area (Å²) in [4.78, 5) is 19.4. The largest absolute Gasteiger partial charge is 0.331 e. The third-order valence-corrected chi connectivity index (χ3v) is 3.49. The number of nitrogens with zero attached hydrogens (tertiary/aromatic N) is 3. The summed E-state index contributed by atoms with van der Waals surface area (Å²) in [5.74, 6) is 0. The second-order valence-electron chi connectivity index (χ2n) is 5.17. The molecule has 0 aromatic carbocycles. The first kappa shape index (κ1) is 13.8. The van der Waals surface area contributed by atoms with Crippen molar-refractivity contribution in [2.24, 2.45) is 0 Å². The van der Waals surface area contributed by atoms with Crippen molar-refractivity contribution in [3.05, 3.63) is 30.1 Å². The maximum Gasteiger partial charge on any atom is 0.319 e. The average Bonchev–Trinajstić information content (AvgIpc) is 2.46. The highest BCUT2D eigenvalue weighted by molar-refractivity contribution is 5.73. The Kier molecular flexibility index (Phi) is 4.74. The summed E-state index contributed by atoms with van der Waals surface area (Å²) in [6, 6.07) is 4.67. The van der Waals surface area contributed by atoms with E-state index in [4.69, 9.17) is 0 Å². The molecular weight excluding hydrogens is 240 g/mol. The smallest absolute Gasteiger partial charge is 0.319 e. The van der Waals surface area contributed by atoms with E-state index in [1.807, 2.05) is 29.4 Å². The predicted octanol–water partition coefficient (Wildman–Crippen LogP) is 1.32. The van der Waals surface area contributed by atoms with Crippen LogP contribution in [0.25, 0.3) is 0 Å². The van der Waals surface area contributed by atoms with E-state index < -0.39 is 0 Å². The van der Waals surface area contributed by atoms with Crippen molar-refractivity contribution in [1.82, 2.24) is 20.1 Å². The van der Waals surface area contributed by atoms with Crippen molar-refractivity contribution in [1.29, 1.82) is 0 Å². The Morgan fingerprint density at radius 3 is 2.58 bits per heavy atom. The van der Waals surface area contributed by atoms with Gasteiger partial charge in [-0.25, -0.2) is 4.79 Å². The summed E-state index contributed by atoms with van der Waals surface area (Å²) in [6.45, 7) is 2.55. The number of hydrogen-bond donors (Lipinski definition) is 1. The van der Waals surface area contributed by atoms with Crippen LogP contribution in [0.4, 0.5) is 4.79 Å². The molecule has 1 aromatic heterocycles. The Morgan fingerprint density at radius 2 is 2.00 bits per heavy atom. The number of aromatic nitrogens is 1. The Labute approximate surface area is 114 Å². The Hall–Kier alpha value is -1.62. The van der Waals surface area contributed by atoms with E-state index >= 15 is 0 Å².